The second kappa shape index (κ2) is 38.4. The summed E-state index contributed by atoms with van der Waals surface area (Å²) in [5.41, 5.74) is 0. The first-order valence-electron chi connectivity index (χ1n) is 0.577. The quantitative estimate of drug-likeness (QED) is 0.438. The first kappa shape index (κ1) is 28.3. The molecule has 5 heavy (non-hydrogen) atoms. The second-order valence-electron chi connectivity index (χ2n) is 0. The number of hydrogen-bond acceptors (Lipinski definition) is 0. The first-order chi connectivity index (χ1) is 1.00. The van der Waals surface area contributed by atoms with E-state index < -0.39 is 0 Å². The van der Waals surface area contributed by atoms with Crippen LogP contribution in [0.15, 0.2) is 0 Å². The maximum atomic E-state index is 4.64. The van der Waals surface area contributed by atoms with E-state index in [2.05, 4.69) is 7.44 Å². The van der Waals surface area contributed by atoms with Crippen LogP contribution in [-0.4, -0.2) is 17.6 Å². The van der Waals surface area contributed by atoms with Gasteiger partial charge in [0, 0.05) is 61.1 Å². The minimum Gasteiger partial charge on any atom is -0.0388 e. The van der Waals surface area contributed by atoms with Crippen molar-refractivity contribution >= 4 is 17.6 Å². The zero-order valence-corrected chi connectivity index (χ0v) is 9.95. The van der Waals surface area contributed by atoms with Crippen LogP contribution in [0.3, 0.4) is 0 Å². The summed E-state index contributed by atoms with van der Waals surface area (Å²) in [6, 6.07) is 0. The van der Waals surface area contributed by atoms with Gasteiger partial charge in [0.15, 0.2) is 0 Å². The molecule has 0 aliphatic rings. The summed E-state index contributed by atoms with van der Waals surface area (Å²) in [5, 5.41) is 0. The summed E-state index contributed by atoms with van der Waals surface area (Å²) in [6.45, 7) is 0. The molecule has 5 heteroatoms. The fourth-order valence-electron chi connectivity index (χ4n) is 0. The van der Waals surface area contributed by atoms with Crippen molar-refractivity contribution in [3.05, 3.63) is 0 Å². The molecule has 0 fully saturated rings. The molecule has 0 N–H and O–H groups in total. The molecule has 0 saturated heterocycles. The van der Waals surface area contributed by atoms with E-state index in [1.54, 1.807) is 0 Å². The van der Waals surface area contributed by atoms with Gasteiger partial charge in [0.25, 0.3) is 0 Å². The van der Waals surface area contributed by atoms with Crippen molar-refractivity contribution < 1.29 is 53.6 Å². The van der Waals surface area contributed by atoms with Crippen LogP contribution >= 0.6 is 0 Å². The second-order valence-corrected chi connectivity index (χ2v) is 0. The van der Waals surface area contributed by atoms with Crippen molar-refractivity contribution in [3.63, 3.8) is 0 Å². The molecule has 0 aliphatic heterocycles. The Morgan fingerprint density at radius 3 is 1.20 bits per heavy atom. The van der Waals surface area contributed by atoms with Gasteiger partial charge in [-0.2, -0.15) is 0 Å². The molecular formula is H3BCuFeSiZn. The molecule has 0 aromatic carbocycles. The van der Waals surface area contributed by atoms with E-state index in [1.807, 2.05) is 0 Å². The van der Waals surface area contributed by atoms with Gasteiger partial charge in [-0.3, -0.25) is 0 Å². The van der Waals surface area contributed by atoms with E-state index in [4.69, 9.17) is 0 Å². The smallest absolute Gasteiger partial charge is 0.0388 e. The van der Waals surface area contributed by atoms with E-state index in [1.165, 1.54) is 0 Å². The first-order valence-corrected chi connectivity index (χ1v) is 1.73. The van der Waals surface area contributed by atoms with Gasteiger partial charge < -0.3 is 0 Å². The van der Waals surface area contributed by atoms with Crippen molar-refractivity contribution in [3.8, 4) is 0 Å². The average Bonchev–Trinajstić information content (AvgIpc) is 1.00. The van der Waals surface area contributed by atoms with Gasteiger partial charge in [-0.05, 0) is 10.1 Å². The Bertz CT molecular complexity index is 11.6. The largest absolute Gasteiger partial charge is 0.0434 e. The SMILES string of the molecule is [B][SiH3].[Cu].[Fe].[Zn]. The Kier molecular flexibility index (Phi) is 218. The fourth-order valence-corrected chi connectivity index (χ4v) is 0. The predicted octanol–water partition coefficient (Wildman–Crippen LogP) is -1.57. The van der Waals surface area contributed by atoms with Crippen LogP contribution < -0.4 is 0 Å². The van der Waals surface area contributed by atoms with Gasteiger partial charge in [-0.25, -0.2) is 0 Å². The van der Waals surface area contributed by atoms with Crippen LogP contribution in [0.2, 0.25) is 0 Å². The zero-order chi connectivity index (χ0) is 2.00. The summed E-state index contributed by atoms with van der Waals surface area (Å²) in [6.07, 6.45) is 0. The van der Waals surface area contributed by atoms with Gasteiger partial charge in [0.1, 0.15) is 0 Å². The molecule has 3 radical (unpaired) electrons. The molecule has 0 saturated carbocycles. The maximum Gasteiger partial charge on any atom is 0.0434 e. The molecule has 0 aromatic heterocycles. The summed E-state index contributed by atoms with van der Waals surface area (Å²) in [4.78, 5) is 0. The van der Waals surface area contributed by atoms with Gasteiger partial charge in [-0.15, -0.1) is 0 Å². The Morgan fingerprint density at radius 1 is 1.20 bits per heavy atom. The monoisotopic (exact) mass is 225 g/mol. The van der Waals surface area contributed by atoms with E-state index in [0.717, 1.165) is 10.1 Å². The van der Waals surface area contributed by atoms with E-state index in [0.29, 0.717) is 0 Å². The number of rotatable bonds is 0. The van der Waals surface area contributed by atoms with Crippen LogP contribution in [0.4, 0.5) is 0 Å². The molecule has 31 valence electrons. The van der Waals surface area contributed by atoms with Gasteiger partial charge in [0.05, 0.1) is 0 Å². The van der Waals surface area contributed by atoms with Crippen LogP contribution in [0.5, 0.6) is 0 Å². The molecular weight excluding hydrogens is 224 g/mol. The standard InChI is InChI=1S/BH3Si.Cu.Fe.Zn/c1-2;;;/h2H3;;;. The van der Waals surface area contributed by atoms with E-state index >= 15 is 0 Å². The average molecular weight is 227 g/mol. The van der Waals surface area contributed by atoms with Crippen LogP contribution in [0.25, 0.3) is 0 Å². The normalized spacial score (nSPS) is 1.60. The fraction of sp³-hybridized carbons (Fsp3) is 0. The molecule has 0 aromatic rings. The maximum absolute atomic E-state index is 4.64. The Labute approximate surface area is 70.7 Å². The Balaban J connectivity index is -0.00000000167. The van der Waals surface area contributed by atoms with Gasteiger partial charge in [0.2, 0.25) is 0 Å². The molecule has 0 spiro atoms. The zero-order valence-electron chi connectivity index (χ0n) is 2.94. The van der Waals surface area contributed by atoms with E-state index in [9.17, 15) is 0 Å². The molecule has 0 heterocycles. The van der Waals surface area contributed by atoms with Crippen molar-refractivity contribution in [1.82, 2.24) is 0 Å². The molecule has 0 rings (SSSR count). The topological polar surface area (TPSA) is 0 Å². The summed E-state index contributed by atoms with van der Waals surface area (Å²) in [7, 11) is 5.44. The Hall–Kier alpha value is 1.94. The van der Waals surface area contributed by atoms with Crippen LogP contribution in [-0.2, 0) is 53.6 Å². The molecule has 0 atom stereocenters. The molecule has 0 nitrogen and oxygen atoms in total. The van der Waals surface area contributed by atoms with Crippen LogP contribution in [0.1, 0.15) is 0 Å². The van der Waals surface area contributed by atoms with Crippen molar-refractivity contribution in [2.24, 2.45) is 0 Å². The molecule has 0 unspecified atom stereocenters. The molecule has 0 amide bonds. The molecule has 0 bridgehead atoms. The summed E-state index contributed by atoms with van der Waals surface area (Å²) >= 11 is 0. The van der Waals surface area contributed by atoms with Crippen LogP contribution in [0, 0.1) is 0 Å². The number of hydrogen-bond donors (Lipinski definition) is 0. The predicted molar refractivity (Wildman–Crippen MR) is 15.7 cm³/mol. The third-order valence-corrected chi connectivity index (χ3v) is 0. The Morgan fingerprint density at radius 2 is 1.20 bits per heavy atom. The van der Waals surface area contributed by atoms with Crippen molar-refractivity contribution in [2.45, 2.75) is 0 Å². The minimum atomic E-state index is 0. The molecule has 0 aliphatic carbocycles. The third kappa shape index (κ3) is 24.5. The van der Waals surface area contributed by atoms with Crippen molar-refractivity contribution in [1.29, 1.82) is 0 Å². The third-order valence-electron chi connectivity index (χ3n) is 0. The van der Waals surface area contributed by atoms with E-state index in [-0.39, 0.29) is 53.6 Å². The summed E-state index contributed by atoms with van der Waals surface area (Å²) < 4.78 is 0. The summed E-state index contributed by atoms with van der Waals surface area (Å²) in [5.74, 6) is 0. The van der Waals surface area contributed by atoms with Crippen molar-refractivity contribution in [2.75, 3.05) is 0 Å². The van der Waals surface area contributed by atoms with Gasteiger partial charge >= 0.3 is 0 Å². The van der Waals surface area contributed by atoms with Gasteiger partial charge in [-0.1, -0.05) is 0 Å². The minimum absolute atomic E-state index is 0.